The zero-order chi connectivity index (χ0) is 12.0. The second-order valence-corrected chi connectivity index (χ2v) is 5.81. The maximum Gasteiger partial charge on any atom is 0.120 e. The van der Waals surface area contributed by atoms with Crippen LogP contribution in [0.3, 0.4) is 0 Å². The van der Waals surface area contributed by atoms with Crippen LogP contribution in [0.2, 0.25) is 0 Å². The number of thioether (sulfide) groups is 1. The largest absolute Gasteiger partial charge is 0.468 e. The first-order valence-electron chi connectivity index (χ1n) is 5.96. The molecule has 2 nitrogen and oxygen atoms in total. The minimum atomic E-state index is 0.296. The van der Waals surface area contributed by atoms with Crippen LogP contribution in [0.15, 0.2) is 22.8 Å². The summed E-state index contributed by atoms with van der Waals surface area (Å²) in [7, 11) is 0. The summed E-state index contributed by atoms with van der Waals surface area (Å²) in [6, 6.07) is 4.77. The maximum absolute atomic E-state index is 5.37. The van der Waals surface area contributed by atoms with Crippen LogP contribution in [0, 0.1) is 5.92 Å². The SMILES string of the molecule is CC(C)CSCC(C)NC(C)c1ccco1. The number of nitrogens with one attached hydrogen (secondary N) is 1. The Morgan fingerprint density at radius 1 is 1.25 bits per heavy atom. The fourth-order valence-electron chi connectivity index (χ4n) is 1.58. The van der Waals surface area contributed by atoms with Gasteiger partial charge in [-0.05, 0) is 37.7 Å². The minimum absolute atomic E-state index is 0.296. The molecule has 1 aromatic rings. The van der Waals surface area contributed by atoms with E-state index in [0.29, 0.717) is 12.1 Å². The van der Waals surface area contributed by atoms with E-state index in [-0.39, 0.29) is 0 Å². The normalized spacial score (nSPS) is 15.3. The highest BCUT2D eigenvalue weighted by molar-refractivity contribution is 7.99. The molecule has 0 aliphatic heterocycles. The lowest BCUT2D eigenvalue weighted by atomic mass is 10.2. The summed E-state index contributed by atoms with van der Waals surface area (Å²) in [5.41, 5.74) is 0. The molecule has 0 amide bonds. The minimum Gasteiger partial charge on any atom is -0.468 e. The average Bonchev–Trinajstić information content (AvgIpc) is 2.69. The lowest BCUT2D eigenvalue weighted by Gasteiger charge is -2.18. The van der Waals surface area contributed by atoms with Gasteiger partial charge in [0.15, 0.2) is 0 Å². The molecular weight excluding hydrogens is 218 g/mol. The summed E-state index contributed by atoms with van der Waals surface area (Å²) < 4.78 is 5.37. The van der Waals surface area contributed by atoms with Gasteiger partial charge in [0.25, 0.3) is 0 Å². The van der Waals surface area contributed by atoms with Crippen LogP contribution in [0.4, 0.5) is 0 Å². The van der Waals surface area contributed by atoms with E-state index in [4.69, 9.17) is 4.42 Å². The summed E-state index contributed by atoms with van der Waals surface area (Å²) in [6.45, 7) is 8.89. The number of hydrogen-bond acceptors (Lipinski definition) is 3. The zero-order valence-electron chi connectivity index (χ0n) is 10.7. The first-order valence-corrected chi connectivity index (χ1v) is 7.12. The van der Waals surface area contributed by atoms with Gasteiger partial charge in [-0.3, -0.25) is 0 Å². The van der Waals surface area contributed by atoms with Crippen molar-refractivity contribution in [1.82, 2.24) is 5.32 Å². The summed E-state index contributed by atoms with van der Waals surface area (Å²) in [5, 5.41) is 3.54. The predicted molar refractivity (Wildman–Crippen MR) is 71.9 cm³/mol. The molecule has 0 fully saturated rings. The highest BCUT2D eigenvalue weighted by Crippen LogP contribution is 2.15. The summed E-state index contributed by atoms with van der Waals surface area (Å²) in [5.74, 6) is 4.19. The molecule has 1 heterocycles. The molecule has 2 unspecified atom stereocenters. The molecule has 3 heteroatoms. The molecule has 1 N–H and O–H groups in total. The van der Waals surface area contributed by atoms with Gasteiger partial charge in [-0.2, -0.15) is 11.8 Å². The van der Waals surface area contributed by atoms with Gasteiger partial charge in [0, 0.05) is 11.8 Å². The van der Waals surface area contributed by atoms with E-state index in [1.165, 1.54) is 5.75 Å². The molecule has 0 bridgehead atoms. The van der Waals surface area contributed by atoms with E-state index >= 15 is 0 Å². The lowest BCUT2D eigenvalue weighted by molar-refractivity contribution is 0.410. The molecule has 0 spiro atoms. The molecule has 0 saturated carbocycles. The molecular formula is C13H23NOS. The maximum atomic E-state index is 5.37. The zero-order valence-corrected chi connectivity index (χ0v) is 11.5. The summed E-state index contributed by atoms with van der Waals surface area (Å²) >= 11 is 2.02. The first-order chi connectivity index (χ1) is 7.59. The fourth-order valence-corrected chi connectivity index (χ4v) is 2.63. The quantitative estimate of drug-likeness (QED) is 0.788. The van der Waals surface area contributed by atoms with Crippen LogP contribution in [-0.2, 0) is 0 Å². The van der Waals surface area contributed by atoms with E-state index < -0.39 is 0 Å². The Morgan fingerprint density at radius 3 is 2.56 bits per heavy atom. The molecule has 0 radical (unpaired) electrons. The Balaban J connectivity index is 2.21. The van der Waals surface area contributed by atoms with Crippen molar-refractivity contribution in [3.8, 4) is 0 Å². The highest BCUT2D eigenvalue weighted by Gasteiger charge is 2.11. The van der Waals surface area contributed by atoms with Crippen molar-refractivity contribution in [1.29, 1.82) is 0 Å². The average molecular weight is 241 g/mol. The fraction of sp³-hybridized carbons (Fsp3) is 0.692. The van der Waals surface area contributed by atoms with E-state index in [1.54, 1.807) is 6.26 Å². The Hall–Kier alpha value is -0.410. The first kappa shape index (κ1) is 13.7. The van der Waals surface area contributed by atoms with Gasteiger partial charge in [-0.15, -0.1) is 0 Å². The van der Waals surface area contributed by atoms with Gasteiger partial charge in [0.1, 0.15) is 5.76 Å². The number of hydrogen-bond donors (Lipinski definition) is 1. The third kappa shape index (κ3) is 5.08. The van der Waals surface area contributed by atoms with E-state index in [9.17, 15) is 0 Å². The van der Waals surface area contributed by atoms with E-state index in [2.05, 4.69) is 33.0 Å². The van der Waals surface area contributed by atoms with Crippen LogP contribution >= 0.6 is 11.8 Å². The van der Waals surface area contributed by atoms with Crippen molar-refractivity contribution >= 4 is 11.8 Å². The number of rotatable bonds is 7. The number of furan rings is 1. The third-order valence-corrected chi connectivity index (χ3v) is 3.96. The van der Waals surface area contributed by atoms with Crippen molar-refractivity contribution in [2.45, 2.75) is 39.8 Å². The highest BCUT2D eigenvalue weighted by atomic mass is 32.2. The standard InChI is InChI=1S/C13H23NOS/c1-10(2)8-16-9-11(3)14-12(4)13-6-5-7-15-13/h5-7,10-12,14H,8-9H2,1-4H3. The van der Waals surface area contributed by atoms with Crippen molar-refractivity contribution < 1.29 is 4.42 Å². The van der Waals surface area contributed by atoms with Gasteiger partial charge >= 0.3 is 0 Å². The molecule has 0 saturated heterocycles. The Bertz CT molecular complexity index is 271. The summed E-state index contributed by atoms with van der Waals surface area (Å²) in [6.07, 6.45) is 1.73. The molecule has 0 aliphatic carbocycles. The molecule has 16 heavy (non-hydrogen) atoms. The topological polar surface area (TPSA) is 25.2 Å². The van der Waals surface area contributed by atoms with Crippen molar-refractivity contribution in [2.24, 2.45) is 5.92 Å². The summed E-state index contributed by atoms with van der Waals surface area (Å²) in [4.78, 5) is 0. The van der Waals surface area contributed by atoms with Gasteiger partial charge in [0.2, 0.25) is 0 Å². The van der Waals surface area contributed by atoms with Crippen LogP contribution in [-0.4, -0.2) is 17.5 Å². The molecule has 1 aromatic heterocycles. The van der Waals surface area contributed by atoms with Gasteiger partial charge < -0.3 is 9.73 Å². The van der Waals surface area contributed by atoms with Crippen molar-refractivity contribution in [2.75, 3.05) is 11.5 Å². The van der Waals surface area contributed by atoms with Crippen LogP contribution in [0.1, 0.15) is 39.5 Å². The van der Waals surface area contributed by atoms with Crippen LogP contribution in [0.5, 0.6) is 0 Å². The van der Waals surface area contributed by atoms with Crippen LogP contribution in [0.25, 0.3) is 0 Å². The second kappa shape index (κ2) is 7.02. The second-order valence-electron chi connectivity index (χ2n) is 4.74. The molecule has 92 valence electrons. The predicted octanol–water partition coefficient (Wildman–Crippen LogP) is 3.71. The monoisotopic (exact) mass is 241 g/mol. The third-order valence-electron chi connectivity index (χ3n) is 2.32. The molecule has 2 atom stereocenters. The van der Waals surface area contributed by atoms with Gasteiger partial charge in [-0.25, -0.2) is 0 Å². The van der Waals surface area contributed by atoms with Crippen molar-refractivity contribution in [3.05, 3.63) is 24.2 Å². The smallest absolute Gasteiger partial charge is 0.120 e. The lowest BCUT2D eigenvalue weighted by Crippen LogP contribution is -2.30. The van der Waals surface area contributed by atoms with Gasteiger partial charge in [0.05, 0.1) is 12.3 Å². The van der Waals surface area contributed by atoms with Crippen molar-refractivity contribution in [3.63, 3.8) is 0 Å². The molecule has 1 rings (SSSR count). The van der Waals surface area contributed by atoms with E-state index in [0.717, 1.165) is 17.4 Å². The van der Waals surface area contributed by atoms with Gasteiger partial charge in [-0.1, -0.05) is 13.8 Å². The Kier molecular flexibility index (Phi) is 5.99. The molecule has 0 aliphatic rings. The van der Waals surface area contributed by atoms with E-state index in [1.807, 2.05) is 23.9 Å². The Morgan fingerprint density at radius 2 is 2.00 bits per heavy atom. The molecule has 0 aromatic carbocycles. The Labute approximate surface area is 103 Å². The van der Waals surface area contributed by atoms with Crippen LogP contribution < -0.4 is 5.32 Å².